The van der Waals surface area contributed by atoms with Crippen molar-refractivity contribution in [2.45, 2.75) is 46.5 Å². The number of nitrogens with one attached hydrogen (secondary N) is 1. The van der Waals surface area contributed by atoms with Gasteiger partial charge < -0.3 is 10.4 Å². The molecule has 112 valence electrons. The second kappa shape index (κ2) is 8.04. The summed E-state index contributed by atoms with van der Waals surface area (Å²) in [6, 6.07) is 1.94. The Morgan fingerprint density at radius 3 is 2.65 bits per heavy atom. The lowest BCUT2D eigenvalue weighted by Gasteiger charge is -2.10. The van der Waals surface area contributed by atoms with E-state index >= 15 is 0 Å². The summed E-state index contributed by atoms with van der Waals surface area (Å²) in [5, 5.41) is 11.5. The third-order valence-electron chi connectivity index (χ3n) is 3.34. The molecular formula is C15H23NO3S. The van der Waals surface area contributed by atoms with Gasteiger partial charge in [0.25, 0.3) is 5.91 Å². The number of aryl methyl sites for hydroxylation is 2. The fraction of sp³-hybridized carbons (Fsp3) is 0.600. The molecule has 0 radical (unpaired) electrons. The van der Waals surface area contributed by atoms with Crippen LogP contribution in [0.3, 0.4) is 0 Å². The summed E-state index contributed by atoms with van der Waals surface area (Å²) in [5.41, 5.74) is 1.18. The molecule has 0 spiro atoms. The lowest BCUT2D eigenvalue weighted by molar-refractivity contribution is -0.137. The van der Waals surface area contributed by atoms with Crippen molar-refractivity contribution in [2.24, 2.45) is 5.92 Å². The number of hydrogen-bond acceptors (Lipinski definition) is 3. The van der Waals surface area contributed by atoms with Crippen molar-refractivity contribution in [3.05, 3.63) is 21.4 Å². The van der Waals surface area contributed by atoms with E-state index in [-0.39, 0.29) is 12.3 Å². The standard InChI is InChI=1S/C15H23NO3S/c1-4-12-11(3)9-13(20-12)15(19)16-8-7-10(2)5-6-14(17)18/h9-10H,4-8H2,1-3H3,(H,16,19)(H,17,18). The molecule has 0 aliphatic carbocycles. The largest absolute Gasteiger partial charge is 0.481 e. The van der Waals surface area contributed by atoms with Gasteiger partial charge in [0.15, 0.2) is 0 Å². The van der Waals surface area contributed by atoms with Crippen molar-refractivity contribution < 1.29 is 14.7 Å². The number of carboxylic acid groups (broad SMARTS) is 1. The molecule has 5 heteroatoms. The molecule has 1 unspecified atom stereocenters. The number of aliphatic carboxylic acids is 1. The Morgan fingerprint density at radius 2 is 2.10 bits per heavy atom. The number of thiophene rings is 1. The Bertz CT molecular complexity index is 468. The molecular weight excluding hydrogens is 274 g/mol. The molecule has 0 aliphatic rings. The second-order valence-corrected chi connectivity index (χ2v) is 6.29. The number of rotatable bonds is 8. The highest BCUT2D eigenvalue weighted by Crippen LogP contribution is 2.22. The zero-order chi connectivity index (χ0) is 15.1. The smallest absolute Gasteiger partial charge is 0.303 e. The summed E-state index contributed by atoms with van der Waals surface area (Å²) in [6.07, 6.45) is 2.61. The number of carbonyl (C=O) groups is 2. The van der Waals surface area contributed by atoms with Crippen LogP contribution in [0, 0.1) is 12.8 Å². The second-order valence-electron chi connectivity index (χ2n) is 5.15. The van der Waals surface area contributed by atoms with Gasteiger partial charge in [0.2, 0.25) is 0 Å². The minimum Gasteiger partial charge on any atom is -0.481 e. The van der Waals surface area contributed by atoms with Gasteiger partial charge in [-0.05, 0) is 43.7 Å². The van der Waals surface area contributed by atoms with Crippen molar-refractivity contribution in [3.8, 4) is 0 Å². The van der Waals surface area contributed by atoms with E-state index in [1.807, 2.05) is 19.9 Å². The highest BCUT2D eigenvalue weighted by molar-refractivity contribution is 7.14. The summed E-state index contributed by atoms with van der Waals surface area (Å²) in [7, 11) is 0. The van der Waals surface area contributed by atoms with Crippen LogP contribution in [-0.4, -0.2) is 23.5 Å². The van der Waals surface area contributed by atoms with E-state index in [1.165, 1.54) is 10.4 Å². The van der Waals surface area contributed by atoms with E-state index in [2.05, 4.69) is 12.2 Å². The van der Waals surface area contributed by atoms with Gasteiger partial charge in [-0.15, -0.1) is 11.3 Å². The third-order valence-corrected chi connectivity index (χ3v) is 4.72. The highest BCUT2D eigenvalue weighted by atomic mass is 32.1. The third kappa shape index (κ3) is 5.33. The van der Waals surface area contributed by atoms with Crippen LogP contribution in [-0.2, 0) is 11.2 Å². The summed E-state index contributed by atoms with van der Waals surface area (Å²) in [6.45, 7) is 6.72. The molecule has 4 nitrogen and oxygen atoms in total. The first kappa shape index (κ1) is 16.7. The summed E-state index contributed by atoms with van der Waals surface area (Å²) in [4.78, 5) is 24.5. The van der Waals surface area contributed by atoms with Crippen molar-refractivity contribution in [1.82, 2.24) is 5.32 Å². The van der Waals surface area contributed by atoms with Gasteiger partial charge in [-0.2, -0.15) is 0 Å². The van der Waals surface area contributed by atoms with Gasteiger partial charge in [-0.3, -0.25) is 9.59 Å². The number of carboxylic acids is 1. The first-order valence-electron chi connectivity index (χ1n) is 7.03. The monoisotopic (exact) mass is 297 g/mol. The first-order valence-corrected chi connectivity index (χ1v) is 7.85. The molecule has 1 rings (SSSR count). The zero-order valence-corrected chi connectivity index (χ0v) is 13.2. The van der Waals surface area contributed by atoms with Gasteiger partial charge in [-0.25, -0.2) is 0 Å². The number of carbonyl (C=O) groups excluding carboxylic acids is 1. The SMILES string of the molecule is CCc1sc(C(=O)NCCC(C)CCC(=O)O)cc1C. The minimum atomic E-state index is -0.762. The topological polar surface area (TPSA) is 66.4 Å². The van der Waals surface area contributed by atoms with Crippen molar-refractivity contribution in [1.29, 1.82) is 0 Å². The Morgan fingerprint density at radius 1 is 1.40 bits per heavy atom. The maximum atomic E-state index is 12.0. The average molecular weight is 297 g/mol. The van der Waals surface area contributed by atoms with Crippen LogP contribution < -0.4 is 5.32 Å². The Hall–Kier alpha value is -1.36. The van der Waals surface area contributed by atoms with Gasteiger partial charge in [0, 0.05) is 17.8 Å². The predicted octanol–water partition coefficient (Wildman–Crippen LogP) is 3.24. The highest BCUT2D eigenvalue weighted by Gasteiger charge is 2.12. The minimum absolute atomic E-state index is 0.0248. The summed E-state index contributed by atoms with van der Waals surface area (Å²) >= 11 is 1.55. The molecule has 0 bridgehead atoms. The van der Waals surface area contributed by atoms with Crippen molar-refractivity contribution in [2.75, 3.05) is 6.54 Å². The molecule has 1 aromatic heterocycles. The van der Waals surface area contributed by atoms with E-state index in [0.717, 1.165) is 17.7 Å². The van der Waals surface area contributed by atoms with Gasteiger partial charge in [-0.1, -0.05) is 13.8 Å². The normalized spacial score (nSPS) is 12.2. The van der Waals surface area contributed by atoms with Crippen LogP contribution >= 0.6 is 11.3 Å². The first-order chi connectivity index (χ1) is 9.43. The Balaban J connectivity index is 2.34. The van der Waals surface area contributed by atoms with Crippen molar-refractivity contribution in [3.63, 3.8) is 0 Å². The average Bonchev–Trinajstić information content (AvgIpc) is 2.77. The fourth-order valence-corrected chi connectivity index (χ4v) is 3.05. The van der Waals surface area contributed by atoms with E-state index in [0.29, 0.717) is 18.9 Å². The molecule has 1 aromatic rings. The molecule has 2 N–H and O–H groups in total. The van der Waals surface area contributed by atoms with Crippen LogP contribution in [0.25, 0.3) is 0 Å². The quantitative estimate of drug-likeness (QED) is 0.774. The lowest BCUT2D eigenvalue weighted by atomic mass is 10.0. The van der Waals surface area contributed by atoms with Gasteiger partial charge in [0.05, 0.1) is 4.88 Å². The maximum absolute atomic E-state index is 12.0. The van der Waals surface area contributed by atoms with E-state index in [9.17, 15) is 9.59 Å². The lowest BCUT2D eigenvalue weighted by Crippen LogP contribution is -2.24. The Kier molecular flexibility index (Phi) is 6.71. The molecule has 0 aromatic carbocycles. The van der Waals surface area contributed by atoms with E-state index in [1.54, 1.807) is 11.3 Å². The molecule has 1 atom stereocenters. The predicted molar refractivity (Wildman–Crippen MR) is 81.4 cm³/mol. The number of hydrogen-bond donors (Lipinski definition) is 2. The van der Waals surface area contributed by atoms with Crippen LogP contribution in [0.2, 0.25) is 0 Å². The number of amides is 1. The van der Waals surface area contributed by atoms with Gasteiger partial charge in [0.1, 0.15) is 0 Å². The van der Waals surface area contributed by atoms with Crippen LogP contribution in [0.1, 0.15) is 53.2 Å². The molecule has 1 amide bonds. The molecule has 0 aliphatic heterocycles. The van der Waals surface area contributed by atoms with E-state index < -0.39 is 5.97 Å². The fourth-order valence-electron chi connectivity index (χ4n) is 2.02. The molecule has 0 fully saturated rings. The van der Waals surface area contributed by atoms with Crippen LogP contribution in [0.4, 0.5) is 0 Å². The molecule has 20 heavy (non-hydrogen) atoms. The molecule has 1 heterocycles. The van der Waals surface area contributed by atoms with Crippen LogP contribution in [0.15, 0.2) is 6.07 Å². The zero-order valence-electron chi connectivity index (χ0n) is 12.4. The van der Waals surface area contributed by atoms with Crippen LogP contribution in [0.5, 0.6) is 0 Å². The summed E-state index contributed by atoms with van der Waals surface area (Å²) in [5.74, 6) is -0.479. The van der Waals surface area contributed by atoms with E-state index in [4.69, 9.17) is 5.11 Å². The van der Waals surface area contributed by atoms with Crippen molar-refractivity contribution >= 4 is 23.2 Å². The summed E-state index contributed by atoms with van der Waals surface area (Å²) < 4.78 is 0. The maximum Gasteiger partial charge on any atom is 0.303 e. The Labute approximate surface area is 124 Å². The van der Waals surface area contributed by atoms with Gasteiger partial charge >= 0.3 is 5.97 Å². The molecule has 0 saturated heterocycles. The molecule has 0 saturated carbocycles.